The third-order valence-electron chi connectivity index (χ3n) is 1.59. The van der Waals surface area contributed by atoms with Gasteiger partial charge in [-0.25, -0.2) is 0 Å². The second-order valence-electron chi connectivity index (χ2n) is 5.54. The van der Waals surface area contributed by atoms with Gasteiger partial charge in [-0.2, -0.15) is 0 Å². The lowest BCUT2D eigenvalue weighted by Crippen LogP contribution is -1.85. The molecule has 0 N–H and O–H groups in total. The first-order valence-electron chi connectivity index (χ1n) is 9.59. The van der Waals surface area contributed by atoms with Crippen LogP contribution in [0.3, 0.4) is 0 Å². The van der Waals surface area contributed by atoms with Gasteiger partial charge >= 0.3 is 0 Å². The monoisotopic (exact) mass is 348 g/mol. The van der Waals surface area contributed by atoms with Crippen molar-refractivity contribution in [2.75, 3.05) is 0 Å². The van der Waals surface area contributed by atoms with Gasteiger partial charge in [-0.15, -0.1) is 13.2 Å². The van der Waals surface area contributed by atoms with Gasteiger partial charge < -0.3 is 0 Å². The molecule has 0 amide bonds. The molecule has 0 saturated heterocycles. The van der Waals surface area contributed by atoms with E-state index in [2.05, 4.69) is 57.8 Å². The van der Waals surface area contributed by atoms with E-state index >= 15 is 0 Å². The fourth-order valence-electron chi connectivity index (χ4n) is 1.17. The van der Waals surface area contributed by atoms with Crippen molar-refractivity contribution in [1.29, 1.82) is 0 Å². The van der Waals surface area contributed by atoms with E-state index in [9.17, 15) is 0 Å². The van der Waals surface area contributed by atoms with E-state index in [1.54, 1.807) is 0 Å². The highest BCUT2D eigenvalue weighted by molar-refractivity contribution is 5.25. The second kappa shape index (κ2) is 30.3. The van der Waals surface area contributed by atoms with Crippen LogP contribution < -0.4 is 0 Å². The van der Waals surface area contributed by atoms with Crippen molar-refractivity contribution in [3.05, 3.63) is 71.8 Å². The van der Waals surface area contributed by atoms with Crippen LogP contribution in [0.25, 0.3) is 0 Å². The highest BCUT2D eigenvalue weighted by atomic mass is 14.0. The van der Waals surface area contributed by atoms with Crippen molar-refractivity contribution in [3.8, 4) is 0 Å². The molecule has 0 spiro atoms. The zero-order chi connectivity index (χ0) is 21.4. The second-order valence-corrected chi connectivity index (χ2v) is 5.54. The molecule has 0 aliphatic carbocycles. The summed E-state index contributed by atoms with van der Waals surface area (Å²) in [5.41, 5.74) is 6.23. The van der Waals surface area contributed by atoms with Crippen molar-refractivity contribution in [2.24, 2.45) is 0 Å². The Kier molecular flexibility index (Phi) is 42.1. The van der Waals surface area contributed by atoms with Gasteiger partial charge in [-0.3, -0.25) is 0 Å². The van der Waals surface area contributed by atoms with Gasteiger partial charge in [0, 0.05) is 0 Å². The number of aryl methyl sites for hydroxylation is 1. The fraction of sp³-hybridized carbons (Fsp3) is 0.520. The predicted molar refractivity (Wildman–Crippen MR) is 125 cm³/mol. The maximum absolute atomic E-state index is 3.88. The van der Waals surface area contributed by atoms with E-state index in [1.807, 2.05) is 69.2 Å². The van der Waals surface area contributed by atoms with E-state index < -0.39 is 0 Å². The third-order valence-corrected chi connectivity index (χ3v) is 1.59. The number of hydrogen-bond acceptors (Lipinski definition) is 0. The summed E-state index contributed by atoms with van der Waals surface area (Å²) in [6, 6.07) is 8.55. The minimum absolute atomic E-state index is 1.00. The molecular formula is C25H48. The van der Waals surface area contributed by atoms with Crippen molar-refractivity contribution >= 4 is 0 Å². The summed E-state index contributed by atoms with van der Waals surface area (Å²) in [5.74, 6) is 0. The maximum atomic E-state index is 3.88. The highest BCUT2D eigenvalue weighted by Gasteiger charge is 1.91. The zero-order valence-electron chi connectivity index (χ0n) is 19.6. The zero-order valence-corrected chi connectivity index (χ0v) is 19.6. The van der Waals surface area contributed by atoms with Crippen LogP contribution >= 0.6 is 0 Å². The molecule has 1 aromatic carbocycles. The van der Waals surface area contributed by atoms with Crippen LogP contribution in [0.2, 0.25) is 0 Å². The number of hydrogen-bond donors (Lipinski definition) is 0. The quantitative estimate of drug-likeness (QED) is 0.467. The Hall–Kier alpha value is -1.56. The van der Waals surface area contributed by atoms with Gasteiger partial charge in [0.05, 0.1) is 0 Å². The van der Waals surface area contributed by atoms with E-state index in [-0.39, 0.29) is 0 Å². The summed E-state index contributed by atoms with van der Waals surface area (Å²) in [6.07, 6.45) is 1.00. The third kappa shape index (κ3) is 60.6. The highest BCUT2D eigenvalue weighted by Crippen LogP contribution is 2.07. The molecule has 1 rings (SSSR count). The number of benzene rings is 1. The van der Waals surface area contributed by atoms with Crippen molar-refractivity contribution < 1.29 is 0 Å². The average molecular weight is 349 g/mol. The van der Waals surface area contributed by atoms with E-state index in [0.29, 0.717) is 0 Å². The summed E-state index contributed by atoms with van der Waals surface area (Å²) in [4.78, 5) is 0. The summed E-state index contributed by atoms with van der Waals surface area (Å²) in [6.45, 7) is 35.1. The normalized spacial score (nSPS) is 7.04. The van der Waals surface area contributed by atoms with Gasteiger partial charge in [-0.1, -0.05) is 94.7 Å². The van der Waals surface area contributed by atoms with Gasteiger partial charge in [0.25, 0.3) is 0 Å². The lowest BCUT2D eigenvalue weighted by molar-refractivity contribution is 1.15. The van der Waals surface area contributed by atoms with Crippen LogP contribution in [0.4, 0.5) is 0 Å². The summed E-state index contributed by atoms with van der Waals surface area (Å²) in [5, 5.41) is 0. The first-order valence-corrected chi connectivity index (χ1v) is 9.59. The Morgan fingerprint density at radius 2 is 1.04 bits per heavy atom. The van der Waals surface area contributed by atoms with Crippen molar-refractivity contribution in [3.63, 3.8) is 0 Å². The molecule has 0 aliphatic rings. The largest absolute Gasteiger partial charge is 0.100 e. The average Bonchev–Trinajstić information content (AvgIpc) is 2.51. The Balaban J connectivity index is -0.0000000801. The Labute approximate surface area is 161 Å². The van der Waals surface area contributed by atoms with Crippen molar-refractivity contribution in [2.45, 2.75) is 89.5 Å². The van der Waals surface area contributed by atoms with Crippen LogP contribution in [-0.2, 0) is 6.42 Å². The van der Waals surface area contributed by atoms with Crippen LogP contribution in [-0.4, -0.2) is 0 Å². The molecule has 0 heterocycles. The van der Waals surface area contributed by atoms with E-state index in [4.69, 9.17) is 0 Å². The molecule has 0 bridgehead atoms. The number of rotatable bonds is 2. The molecule has 0 radical (unpaired) electrons. The Morgan fingerprint density at radius 3 is 1.28 bits per heavy atom. The molecule has 0 saturated carbocycles. The standard InChI is InChI=1S/C11H14.2C4H8.3C2H6/c1-9(2)7-11-6-4-5-10(3)8-11;2*1-4(2)3;3*1-2/h4-6,8H,1,7H2,2-3H3;2*1H2,2-3H3;3*1-2H3. The molecule has 0 heteroatoms. The molecule has 0 nitrogen and oxygen atoms in total. The summed E-state index contributed by atoms with van der Waals surface area (Å²) >= 11 is 0. The van der Waals surface area contributed by atoms with E-state index in [0.717, 1.165) is 6.42 Å². The van der Waals surface area contributed by atoms with Crippen LogP contribution in [0.15, 0.2) is 60.7 Å². The lowest BCUT2D eigenvalue weighted by atomic mass is 10.1. The summed E-state index contributed by atoms with van der Waals surface area (Å²) in [7, 11) is 0. The van der Waals surface area contributed by atoms with Gasteiger partial charge in [0.2, 0.25) is 0 Å². The maximum Gasteiger partial charge on any atom is -0.00725 e. The SMILES string of the molecule is C=C(C)C.C=C(C)C.C=C(C)Cc1cccc(C)c1.CC.CC.CC. The topological polar surface area (TPSA) is 0 Å². The molecule has 0 atom stereocenters. The minimum Gasteiger partial charge on any atom is -0.100 e. The van der Waals surface area contributed by atoms with Crippen LogP contribution in [0.5, 0.6) is 0 Å². The number of allylic oxidation sites excluding steroid dienone is 3. The van der Waals surface area contributed by atoms with Gasteiger partial charge in [0.1, 0.15) is 0 Å². The first-order chi connectivity index (χ1) is 11.6. The molecule has 0 aromatic heterocycles. The van der Waals surface area contributed by atoms with Crippen LogP contribution in [0, 0.1) is 6.92 Å². The Morgan fingerprint density at radius 1 is 0.720 bits per heavy atom. The molecule has 0 unspecified atom stereocenters. The van der Waals surface area contributed by atoms with Crippen molar-refractivity contribution in [1.82, 2.24) is 0 Å². The lowest BCUT2D eigenvalue weighted by Gasteiger charge is -2.00. The molecular weight excluding hydrogens is 300 g/mol. The van der Waals surface area contributed by atoms with Crippen LogP contribution in [0.1, 0.15) is 87.3 Å². The Bertz CT molecular complexity index is 388. The minimum atomic E-state index is 1.00. The van der Waals surface area contributed by atoms with Gasteiger partial charge in [0.15, 0.2) is 0 Å². The van der Waals surface area contributed by atoms with Gasteiger partial charge in [-0.05, 0) is 53.5 Å². The molecule has 0 aliphatic heterocycles. The molecule has 148 valence electrons. The molecule has 1 aromatic rings. The smallest absolute Gasteiger partial charge is 0.00725 e. The predicted octanol–water partition coefficient (Wildman–Crippen LogP) is 9.36. The fourth-order valence-corrected chi connectivity index (χ4v) is 1.17. The summed E-state index contributed by atoms with van der Waals surface area (Å²) < 4.78 is 0. The molecule has 25 heavy (non-hydrogen) atoms. The van der Waals surface area contributed by atoms with E-state index in [1.165, 1.54) is 27.8 Å². The first kappa shape index (κ1) is 34.7. The molecule has 0 fully saturated rings.